The van der Waals surface area contributed by atoms with Crippen LogP contribution in [0.5, 0.6) is 0 Å². The first-order valence-electron chi connectivity index (χ1n) is 14.6. The zero-order chi connectivity index (χ0) is 27.5. The fourth-order valence-corrected chi connectivity index (χ4v) is 6.03. The van der Waals surface area contributed by atoms with Crippen LogP contribution in [0.15, 0.2) is 133 Å². The maximum absolute atomic E-state index is 2.51. The standard InChI is InChI=1S/C39H37N/c1-4-28(2)35-20-13-21-37(39(35)38-29(3)22-23-32-16-11-12-19-36(32)38)40(33-17-9-6-10-18-33)34-26-24-31(25-27-34)30-14-7-5-8-15-30/h5-9,11-17,19-28H,4,10,18H2,1-3H3. The minimum absolute atomic E-state index is 0.441. The number of allylic oxidation sites excluding steroid dienone is 4. The molecule has 1 unspecified atom stereocenters. The smallest absolute Gasteiger partial charge is 0.0540 e. The Morgan fingerprint density at radius 1 is 0.725 bits per heavy atom. The van der Waals surface area contributed by atoms with Crippen molar-refractivity contribution < 1.29 is 0 Å². The van der Waals surface area contributed by atoms with Crippen LogP contribution in [0.2, 0.25) is 0 Å². The molecule has 1 nitrogen and oxygen atoms in total. The number of hydrogen-bond acceptors (Lipinski definition) is 1. The van der Waals surface area contributed by atoms with Crippen LogP contribution in [0.1, 0.15) is 50.2 Å². The second kappa shape index (κ2) is 11.4. The molecule has 1 aliphatic carbocycles. The van der Waals surface area contributed by atoms with Crippen LogP contribution in [0.3, 0.4) is 0 Å². The molecule has 1 heteroatoms. The molecule has 0 heterocycles. The lowest BCUT2D eigenvalue weighted by Gasteiger charge is -2.33. The second-order valence-electron chi connectivity index (χ2n) is 10.9. The van der Waals surface area contributed by atoms with Gasteiger partial charge in [0.05, 0.1) is 5.69 Å². The third kappa shape index (κ3) is 4.89. The van der Waals surface area contributed by atoms with E-state index in [4.69, 9.17) is 0 Å². The largest absolute Gasteiger partial charge is 0.314 e. The highest BCUT2D eigenvalue weighted by Gasteiger charge is 2.24. The summed E-state index contributed by atoms with van der Waals surface area (Å²) in [6, 6.07) is 40.1. The summed E-state index contributed by atoms with van der Waals surface area (Å²) in [5, 5.41) is 2.60. The lowest BCUT2D eigenvalue weighted by Crippen LogP contribution is -2.19. The highest BCUT2D eigenvalue weighted by atomic mass is 15.2. The first-order valence-corrected chi connectivity index (χ1v) is 14.6. The van der Waals surface area contributed by atoms with Crippen LogP contribution in [0.4, 0.5) is 11.4 Å². The molecule has 1 aliphatic rings. The zero-order valence-corrected chi connectivity index (χ0v) is 23.8. The van der Waals surface area contributed by atoms with E-state index < -0.39 is 0 Å². The van der Waals surface area contributed by atoms with Crippen molar-refractivity contribution in [2.75, 3.05) is 4.90 Å². The Kier molecular flexibility index (Phi) is 7.38. The fraction of sp³-hybridized carbons (Fsp3) is 0.179. The van der Waals surface area contributed by atoms with Crippen molar-refractivity contribution in [3.8, 4) is 22.3 Å². The SMILES string of the molecule is CCC(C)c1cccc(N(C2=CC=CCC2)c2ccc(-c3ccccc3)cc2)c1-c1c(C)ccc2ccccc12. The number of fused-ring (bicyclic) bond motifs is 1. The van der Waals surface area contributed by atoms with E-state index in [-0.39, 0.29) is 0 Å². The molecule has 5 aromatic rings. The number of anilines is 2. The van der Waals surface area contributed by atoms with E-state index in [0.29, 0.717) is 5.92 Å². The van der Waals surface area contributed by atoms with Gasteiger partial charge in [0.1, 0.15) is 0 Å². The predicted molar refractivity (Wildman–Crippen MR) is 173 cm³/mol. The Hall–Kier alpha value is -4.36. The number of rotatable bonds is 7. The van der Waals surface area contributed by atoms with Crippen LogP contribution < -0.4 is 4.90 Å². The molecule has 40 heavy (non-hydrogen) atoms. The van der Waals surface area contributed by atoms with Gasteiger partial charge in [0.2, 0.25) is 0 Å². The fourth-order valence-electron chi connectivity index (χ4n) is 6.03. The summed E-state index contributed by atoms with van der Waals surface area (Å²) in [6.07, 6.45) is 9.94. The molecule has 0 saturated carbocycles. The number of nitrogens with zero attached hydrogens (tertiary/aromatic N) is 1. The van der Waals surface area contributed by atoms with E-state index in [0.717, 1.165) is 19.3 Å². The van der Waals surface area contributed by atoms with E-state index in [9.17, 15) is 0 Å². The average molecular weight is 520 g/mol. The third-order valence-electron chi connectivity index (χ3n) is 8.36. The van der Waals surface area contributed by atoms with Crippen LogP contribution in [-0.2, 0) is 0 Å². The summed E-state index contributed by atoms with van der Waals surface area (Å²) >= 11 is 0. The van der Waals surface area contributed by atoms with Crippen molar-refractivity contribution in [1.82, 2.24) is 0 Å². The lowest BCUT2D eigenvalue weighted by molar-refractivity contribution is 0.735. The Labute approximate surface area is 239 Å². The van der Waals surface area contributed by atoms with Crippen molar-refractivity contribution in [3.05, 3.63) is 144 Å². The molecule has 0 aliphatic heterocycles. The molecule has 0 fully saturated rings. The number of aryl methyl sites for hydroxylation is 1. The zero-order valence-electron chi connectivity index (χ0n) is 23.8. The molecule has 1 atom stereocenters. The van der Waals surface area contributed by atoms with Gasteiger partial charge in [0.25, 0.3) is 0 Å². The maximum atomic E-state index is 2.51. The van der Waals surface area contributed by atoms with Crippen molar-refractivity contribution in [2.45, 2.75) is 46.0 Å². The van der Waals surface area contributed by atoms with E-state index in [2.05, 4.69) is 153 Å². The number of benzene rings is 5. The van der Waals surface area contributed by atoms with E-state index in [1.54, 1.807) is 0 Å². The second-order valence-corrected chi connectivity index (χ2v) is 10.9. The Morgan fingerprint density at radius 3 is 2.23 bits per heavy atom. The van der Waals surface area contributed by atoms with E-state index in [1.807, 2.05) is 0 Å². The van der Waals surface area contributed by atoms with Gasteiger partial charge >= 0.3 is 0 Å². The van der Waals surface area contributed by atoms with E-state index >= 15 is 0 Å². The molecular formula is C39H37N. The number of hydrogen-bond donors (Lipinski definition) is 0. The third-order valence-corrected chi connectivity index (χ3v) is 8.36. The monoisotopic (exact) mass is 519 g/mol. The van der Waals surface area contributed by atoms with E-state index in [1.165, 1.54) is 61.2 Å². The summed E-state index contributed by atoms with van der Waals surface area (Å²) in [4.78, 5) is 2.51. The Morgan fingerprint density at radius 2 is 1.48 bits per heavy atom. The van der Waals surface area contributed by atoms with Gasteiger partial charge < -0.3 is 4.90 Å². The first-order chi connectivity index (χ1) is 19.7. The molecule has 0 radical (unpaired) electrons. The average Bonchev–Trinajstić information content (AvgIpc) is 3.02. The summed E-state index contributed by atoms with van der Waals surface area (Å²) in [5.41, 5.74) is 11.7. The minimum Gasteiger partial charge on any atom is -0.314 e. The van der Waals surface area contributed by atoms with Crippen LogP contribution >= 0.6 is 0 Å². The molecule has 0 saturated heterocycles. The van der Waals surface area contributed by atoms with Gasteiger partial charge in [-0.05, 0) is 95.0 Å². The molecule has 198 valence electrons. The lowest BCUT2D eigenvalue weighted by atomic mass is 9.84. The Balaban J connectivity index is 1.61. The summed E-state index contributed by atoms with van der Waals surface area (Å²) in [5.74, 6) is 0.441. The van der Waals surface area contributed by atoms with Gasteiger partial charge in [0.15, 0.2) is 0 Å². The van der Waals surface area contributed by atoms with Crippen molar-refractivity contribution >= 4 is 22.1 Å². The molecule has 0 N–H and O–H groups in total. The molecule has 0 aromatic heterocycles. The molecule has 6 rings (SSSR count). The highest BCUT2D eigenvalue weighted by molar-refractivity contribution is 6.03. The minimum atomic E-state index is 0.441. The summed E-state index contributed by atoms with van der Waals surface area (Å²) in [7, 11) is 0. The van der Waals surface area contributed by atoms with Crippen molar-refractivity contribution in [2.24, 2.45) is 0 Å². The van der Waals surface area contributed by atoms with Gasteiger partial charge in [-0.15, -0.1) is 0 Å². The molecule has 0 bridgehead atoms. The topological polar surface area (TPSA) is 3.24 Å². The molecular weight excluding hydrogens is 482 g/mol. The normalized spacial score (nSPS) is 13.7. The first kappa shape index (κ1) is 25.9. The van der Waals surface area contributed by atoms with Crippen molar-refractivity contribution in [3.63, 3.8) is 0 Å². The molecule has 0 spiro atoms. The predicted octanol–water partition coefficient (Wildman–Crippen LogP) is 11.4. The Bertz CT molecular complexity index is 1690. The van der Waals surface area contributed by atoms with Gasteiger partial charge in [-0.2, -0.15) is 0 Å². The van der Waals surface area contributed by atoms with Gasteiger partial charge in [-0.1, -0.05) is 117 Å². The van der Waals surface area contributed by atoms with Crippen molar-refractivity contribution in [1.29, 1.82) is 0 Å². The quantitative estimate of drug-likeness (QED) is 0.207. The molecule has 0 amide bonds. The van der Waals surface area contributed by atoms with Crippen LogP contribution in [0.25, 0.3) is 33.0 Å². The molecule has 5 aromatic carbocycles. The van der Waals surface area contributed by atoms with Gasteiger partial charge in [-0.3, -0.25) is 0 Å². The maximum Gasteiger partial charge on any atom is 0.0540 e. The highest BCUT2D eigenvalue weighted by Crippen LogP contribution is 2.47. The van der Waals surface area contributed by atoms with Gasteiger partial charge in [0, 0.05) is 16.9 Å². The van der Waals surface area contributed by atoms with Crippen LogP contribution in [-0.4, -0.2) is 0 Å². The van der Waals surface area contributed by atoms with Crippen LogP contribution in [0, 0.1) is 6.92 Å². The summed E-state index contributed by atoms with van der Waals surface area (Å²) in [6.45, 7) is 6.93. The summed E-state index contributed by atoms with van der Waals surface area (Å²) < 4.78 is 0. The van der Waals surface area contributed by atoms with Gasteiger partial charge in [-0.25, -0.2) is 0 Å².